The molecule has 21 heavy (non-hydrogen) atoms. The molecule has 1 aliphatic rings. The lowest BCUT2D eigenvalue weighted by atomic mass is 10.1. The average molecular weight is 294 g/mol. The third kappa shape index (κ3) is 3.11. The highest BCUT2D eigenvalue weighted by Gasteiger charge is 2.34. The van der Waals surface area contributed by atoms with Crippen LogP contribution in [0.3, 0.4) is 0 Å². The first-order chi connectivity index (χ1) is 10.1. The number of nitrogens with two attached hydrogens (primary N) is 1. The number of carbonyl (C=O) groups excluding carboxylic acids is 1. The molecule has 6 heteroatoms. The zero-order valence-corrected chi connectivity index (χ0v) is 12.7. The predicted octanol–water partition coefficient (Wildman–Crippen LogP) is 1.30. The van der Waals surface area contributed by atoms with E-state index in [0.29, 0.717) is 30.9 Å². The Bertz CT molecular complexity index is 494. The van der Waals surface area contributed by atoms with Crippen LogP contribution in [0.2, 0.25) is 0 Å². The molecule has 0 radical (unpaired) electrons. The van der Waals surface area contributed by atoms with Gasteiger partial charge in [0.2, 0.25) is 0 Å². The molecule has 1 saturated heterocycles. The lowest BCUT2D eigenvalue weighted by molar-refractivity contribution is -0.00461. The van der Waals surface area contributed by atoms with Crippen LogP contribution in [0.15, 0.2) is 18.2 Å². The highest BCUT2D eigenvalue weighted by molar-refractivity contribution is 5.98. The second-order valence-corrected chi connectivity index (χ2v) is 4.91. The van der Waals surface area contributed by atoms with Crippen LogP contribution in [0.1, 0.15) is 17.3 Å². The van der Waals surface area contributed by atoms with Crippen LogP contribution in [-0.2, 0) is 14.2 Å². The number of carbonyl (C=O) groups is 1. The smallest absolute Gasteiger partial charge is 0.340 e. The number of hydrogen-bond donors (Lipinski definition) is 1. The number of anilines is 2. The van der Waals surface area contributed by atoms with Gasteiger partial charge in [0.25, 0.3) is 0 Å². The molecule has 0 spiro atoms. The number of nitrogens with zero attached hydrogens (tertiary/aromatic N) is 1. The Balaban J connectivity index is 2.25. The number of rotatable bonds is 5. The van der Waals surface area contributed by atoms with Crippen LogP contribution in [0.4, 0.5) is 11.4 Å². The Hall–Kier alpha value is -1.79. The van der Waals surface area contributed by atoms with Crippen molar-refractivity contribution in [2.24, 2.45) is 0 Å². The maximum atomic E-state index is 11.9. The van der Waals surface area contributed by atoms with Gasteiger partial charge in [0.15, 0.2) is 0 Å². The number of ether oxygens (including phenoxy) is 3. The van der Waals surface area contributed by atoms with Gasteiger partial charge in [-0.3, -0.25) is 0 Å². The summed E-state index contributed by atoms with van der Waals surface area (Å²) >= 11 is 0. The minimum atomic E-state index is -0.400. The minimum Gasteiger partial charge on any atom is -0.462 e. The number of para-hydroxylation sites is 1. The molecule has 2 N–H and O–H groups in total. The summed E-state index contributed by atoms with van der Waals surface area (Å²) in [5.41, 5.74) is 7.78. The third-order valence-electron chi connectivity index (χ3n) is 3.74. The summed E-state index contributed by atoms with van der Waals surface area (Å²) in [5.74, 6) is -0.400. The van der Waals surface area contributed by atoms with Gasteiger partial charge in [-0.1, -0.05) is 6.07 Å². The van der Waals surface area contributed by atoms with Crippen molar-refractivity contribution in [3.05, 3.63) is 23.8 Å². The molecule has 0 amide bonds. The van der Waals surface area contributed by atoms with Crippen molar-refractivity contribution in [2.45, 2.75) is 19.1 Å². The monoisotopic (exact) mass is 294 g/mol. The number of benzene rings is 1. The summed E-state index contributed by atoms with van der Waals surface area (Å²) in [7, 11) is 3.33. The SMILES string of the molecule is CCOC(=O)c1cccc(N2CC(OC)C(OC)C2)c1N. The molecule has 0 saturated carbocycles. The molecular formula is C15H22N2O4. The molecule has 0 bridgehead atoms. The van der Waals surface area contributed by atoms with Gasteiger partial charge in [-0.2, -0.15) is 0 Å². The van der Waals surface area contributed by atoms with Crippen molar-refractivity contribution in [3.63, 3.8) is 0 Å². The Morgan fingerprint density at radius 3 is 2.43 bits per heavy atom. The standard InChI is InChI=1S/C15H22N2O4/c1-4-21-15(18)10-6-5-7-11(14(10)16)17-8-12(19-2)13(9-17)20-3/h5-7,12-13H,4,8-9,16H2,1-3H3. The van der Waals surface area contributed by atoms with Crippen molar-refractivity contribution >= 4 is 17.3 Å². The fourth-order valence-corrected chi connectivity index (χ4v) is 2.61. The van der Waals surface area contributed by atoms with E-state index in [0.717, 1.165) is 5.69 Å². The molecule has 2 unspecified atom stereocenters. The van der Waals surface area contributed by atoms with E-state index in [1.54, 1.807) is 33.3 Å². The van der Waals surface area contributed by atoms with Crippen molar-refractivity contribution in [3.8, 4) is 0 Å². The number of hydrogen-bond acceptors (Lipinski definition) is 6. The van der Waals surface area contributed by atoms with Crippen molar-refractivity contribution in [2.75, 3.05) is 44.5 Å². The lowest BCUT2D eigenvalue weighted by Crippen LogP contribution is -2.27. The molecule has 0 aliphatic carbocycles. The molecule has 6 nitrogen and oxygen atoms in total. The summed E-state index contributed by atoms with van der Waals surface area (Å²) < 4.78 is 15.9. The van der Waals surface area contributed by atoms with Gasteiger partial charge in [0.1, 0.15) is 12.2 Å². The highest BCUT2D eigenvalue weighted by Crippen LogP contribution is 2.31. The van der Waals surface area contributed by atoms with Gasteiger partial charge in [0.05, 0.1) is 23.5 Å². The predicted molar refractivity (Wildman–Crippen MR) is 80.6 cm³/mol. The Morgan fingerprint density at radius 1 is 1.29 bits per heavy atom. The van der Waals surface area contributed by atoms with Crippen LogP contribution < -0.4 is 10.6 Å². The van der Waals surface area contributed by atoms with Gasteiger partial charge in [-0.05, 0) is 19.1 Å². The lowest BCUT2D eigenvalue weighted by Gasteiger charge is -2.21. The first-order valence-electron chi connectivity index (χ1n) is 6.98. The molecule has 0 aromatic heterocycles. The molecule has 2 atom stereocenters. The van der Waals surface area contributed by atoms with Gasteiger partial charge >= 0.3 is 5.97 Å². The van der Waals surface area contributed by atoms with E-state index < -0.39 is 5.97 Å². The molecule has 1 fully saturated rings. The largest absolute Gasteiger partial charge is 0.462 e. The van der Waals surface area contributed by atoms with Crippen LogP contribution in [0, 0.1) is 0 Å². The van der Waals surface area contributed by atoms with Crippen LogP contribution >= 0.6 is 0 Å². The van der Waals surface area contributed by atoms with E-state index in [9.17, 15) is 4.79 Å². The second-order valence-electron chi connectivity index (χ2n) is 4.91. The van der Waals surface area contributed by atoms with Crippen molar-refractivity contribution < 1.29 is 19.0 Å². The maximum Gasteiger partial charge on any atom is 0.340 e. The number of nitrogen functional groups attached to an aromatic ring is 1. The molecule has 1 aliphatic heterocycles. The fourth-order valence-electron chi connectivity index (χ4n) is 2.61. The normalized spacial score (nSPS) is 21.6. The molecular weight excluding hydrogens is 272 g/mol. The molecule has 116 valence electrons. The molecule has 1 heterocycles. The van der Waals surface area contributed by atoms with Crippen molar-refractivity contribution in [1.29, 1.82) is 0 Å². The zero-order valence-electron chi connectivity index (χ0n) is 12.7. The maximum absolute atomic E-state index is 11.9. The number of esters is 1. The van der Waals surface area contributed by atoms with Crippen LogP contribution in [0.25, 0.3) is 0 Å². The Kier molecular flexibility index (Phi) is 5.03. The quantitative estimate of drug-likeness (QED) is 0.651. The van der Waals surface area contributed by atoms with Gasteiger partial charge in [-0.15, -0.1) is 0 Å². The summed E-state index contributed by atoms with van der Waals surface area (Å²) in [5, 5.41) is 0. The van der Waals surface area contributed by atoms with E-state index in [1.165, 1.54) is 0 Å². The third-order valence-corrected chi connectivity index (χ3v) is 3.74. The summed E-state index contributed by atoms with van der Waals surface area (Å²) in [6, 6.07) is 5.37. The van der Waals surface area contributed by atoms with Crippen molar-refractivity contribution in [1.82, 2.24) is 0 Å². The first kappa shape index (κ1) is 15.6. The summed E-state index contributed by atoms with van der Waals surface area (Å²) in [6.45, 7) is 3.44. The van der Waals surface area contributed by atoms with E-state index in [4.69, 9.17) is 19.9 Å². The van der Waals surface area contributed by atoms with Gasteiger partial charge < -0.3 is 24.8 Å². The van der Waals surface area contributed by atoms with Gasteiger partial charge in [-0.25, -0.2) is 4.79 Å². The zero-order chi connectivity index (χ0) is 15.4. The molecule has 2 rings (SSSR count). The minimum absolute atomic E-state index is 0.0133. The molecule has 1 aromatic rings. The average Bonchev–Trinajstić information content (AvgIpc) is 2.90. The summed E-state index contributed by atoms with van der Waals surface area (Å²) in [4.78, 5) is 14.0. The van der Waals surface area contributed by atoms with Crippen LogP contribution in [0.5, 0.6) is 0 Å². The van der Waals surface area contributed by atoms with E-state index >= 15 is 0 Å². The highest BCUT2D eigenvalue weighted by atomic mass is 16.5. The number of methoxy groups -OCH3 is 2. The second kappa shape index (κ2) is 6.78. The molecule has 1 aromatic carbocycles. The topological polar surface area (TPSA) is 74.0 Å². The van der Waals surface area contributed by atoms with E-state index in [-0.39, 0.29) is 12.2 Å². The van der Waals surface area contributed by atoms with E-state index in [1.807, 2.05) is 6.07 Å². The first-order valence-corrected chi connectivity index (χ1v) is 6.98. The van der Waals surface area contributed by atoms with Gasteiger partial charge in [0, 0.05) is 27.3 Å². The van der Waals surface area contributed by atoms with Crippen LogP contribution in [-0.4, -0.2) is 52.1 Å². The summed E-state index contributed by atoms with van der Waals surface area (Å²) in [6.07, 6.45) is -0.0266. The Morgan fingerprint density at radius 2 is 1.90 bits per heavy atom. The Labute approximate surface area is 124 Å². The fraction of sp³-hybridized carbons (Fsp3) is 0.533. The van der Waals surface area contributed by atoms with E-state index in [2.05, 4.69) is 4.90 Å².